The first-order valence-corrected chi connectivity index (χ1v) is 9.21. The molecule has 1 aromatic rings. The molecule has 3 rings (SSSR count). The van der Waals surface area contributed by atoms with Gasteiger partial charge in [-0.2, -0.15) is 5.26 Å². The number of hydrogen-bond acceptors (Lipinski definition) is 5. The predicted octanol–water partition coefficient (Wildman–Crippen LogP) is 2.17. The van der Waals surface area contributed by atoms with Crippen LogP contribution >= 0.6 is 11.8 Å². The highest BCUT2D eigenvalue weighted by Crippen LogP contribution is 2.27. The van der Waals surface area contributed by atoms with Crippen LogP contribution in [0.2, 0.25) is 0 Å². The lowest BCUT2D eigenvalue weighted by atomic mass is 9.95. The van der Waals surface area contributed by atoms with E-state index in [1.54, 1.807) is 11.8 Å². The standard InChI is InChI=1S/C17H24N4S/c1-20-6-8-21(9-7-20)10-11-22-17-15(13-18)12-14-4-2-3-5-16(14)19-17/h12H,2-11H2,1H3. The van der Waals surface area contributed by atoms with Gasteiger partial charge in [-0.3, -0.25) is 4.90 Å². The molecular weight excluding hydrogens is 292 g/mol. The molecule has 1 aliphatic carbocycles. The molecule has 2 aliphatic rings. The van der Waals surface area contributed by atoms with Crippen LogP contribution in [0, 0.1) is 11.3 Å². The second-order valence-corrected chi connectivity index (χ2v) is 7.34. The minimum Gasteiger partial charge on any atom is -0.304 e. The summed E-state index contributed by atoms with van der Waals surface area (Å²) in [6, 6.07) is 4.42. The number of pyridine rings is 1. The maximum atomic E-state index is 9.38. The Balaban J connectivity index is 1.59. The maximum Gasteiger partial charge on any atom is 0.114 e. The minimum absolute atomic E-state index is 0.768. The number of nitrogens with zero attached hydrogens (tertiary/aromatic N) is 4. The number of rotatable bonds is 4. The number of piperazine rings is 1. The van der Waals surface area contributed by atoms with Crippen molar-refractivity contribution < 1.29 is 0 Å². The Hall–Kier alpha value is -1.09. The summed E-state index contributed by atoms with van der Waals surface area (Å²) in [5, 5.41) is 10.3. The van der Waals surface area contributed by atoms with E-state index in [0.29, 0.717) is 0 Å². The molecule has 0 bridgehead atoms. The van der Waals surface area contributed by atoms with Crippen molar-refractivity contribution in [3.63, 3.8) is 0 Å². The number of nitriles is 1. The molecule has 118 valence electrons. The SMILES string of the molecule is CN1CCN(CCSc2nc3c(cc2C#N)CCCC3)CC1. The van der Waals surface area contributed by atoms with E-state index in [9.17, 15) is 5.26 Å². The van der Waals surface area contributed by atoms with Crippen molar-refractivity contribution in [3.05, 3.63) is 22.9 Å². The predicted molar refractivity (Wildman–Crippen MR) is 90.3 cm³/mol. The van der Waals surface area contributed by atoms with Gasteiger partial charge in [-0.25, -0.2) is 4.98 Å². The molecule has 0 saturated carbocycles. The molecule has 4 nitrogen and oxygen atoms in total. The van der Waals surface area contributed by atoms with Crippen LogP contribution in [-0.4, -0.2) is 60.3 Å². The van der Waals surface area contributed by atoms with Crippen LogP contribution in [0.5, 0.6) is 0 Å². The fourth-order valence-electron chi connectivity index (χ4n) is 3.15. The number of fused-ring (bicyclic) bond motifs is 1. The monoisotopic (exact) mass is 316 g/mol. The third-order valence-electron chi connectivity index (χ3n) is 4.63. The average Bonchev–Trinajstić information content (AvgIpc) is 2.56. The van der Waals surface area contributed by atoms with Gasteiger partial charge in [0.05, 0.1) is 5.56 Å². The third kappa shape index (κ3) is 3.81. The molecule has 22 heavy (non-hydrogen) atoms. The molecule has 0 radical (unpaired) electrons. The van der Waals surface area contributed by atoms with Crippen molar-refractivity contribution in [1.82, 2.24) is 14.8 Å². The van der Waals surface area contributed by atoms with Gasteiger partial charge in [0.25, 0.3) is 0 Å². The molecule has 1 aromatic heterocycles. The summed E-state index contributed by atoms with van der Waals surface area (Å²) in [7, 11) is 2.18. The van der Waals surface area contributed by atoms with E-state index < -0.39 is 0 Å². The van der Waals surface area contributed by atoms with E-state index >= 15 is 0 Å². The zero-order valence-corrected chi connectivity index (χ0v) is 14.2. The zero-order chi connectivity index (χ0) is 15.4. The Kier molecular flexibility index (Phi) is 5.35. The number of thioether (sulfide) groups is 1. The molecule has 1 saturated heterocycles. The van der Waals surface area contributed by atoms with E-state index in [0.717, 1.165) is 61.9 Å². The highest BCUT2D eigenvalue weighted by Gasteiger charge is 2.17. The molecule has 0 unspecified atom stereocenters. The first-order chi connectivity index (χ1) is 10.8. The Morgan fingerprint density at radius 2 is 2.00 bits per heavy atom. The summed E-state index contributed by atoms with van der Waals surface area (Å²) in [5.41, 5.74) is 3.29. The molecule has 0 atom stereocenters. The topological polar surface area (TPSA) is 43.2 Å². The molecule has 2 heterocycles. The summed E-state index contributed by atoms with van der Waals surface area (Å²) in [5.74, 6) is 1.02. The van der Waals surface area contributed by atoms with E-state index in [-0.39, 0.29) is 0 Å². The molecule has 0 spiro atoms. The molecule has 0 amide bonds. The molecule has 1 fully saturated rings. The average molecular weight is 316 g/mol. The van der Waals surface area contributed by atoms with Crippen LogP contribution in [0.15, 0.2) is 11.1 Å². The Morgan fingerprint density at radius 3 is 2.77 bits per heavy atom. The third-order valence-corrected chi connectivity index (χ3v) is 5.60. The number of likely N-dealkylation sites (N-methyl/N-ethyl adjacent to an activating group) is 1. The van der Waals surface area contributed by atoms with Gasteiger partial charge in [0.15, 0.2) is 0 Å². The first kappa shape index (κ1) is 15.8. The van der Waals surface area contributed by atoms with Crippen molar-refractivity contribution >= 4 is 11.8 Å². The Bertz CT molecular complexity index is 559. The summed E-state index contributed by atoms with van der Waals surface area (Å²) >= 11 is 1.75. The maximum absolute atomic E-state index is 9.38. The largest absolute Gasteiger partial charge is 0.304 e. The first-order valence-electron chi connectivity index (χ1n) is 8.23. The van der Waals surface area contributed by atoms with Crippen molar-refractivity contribution in [3.8, 4) is 6.07 Å². The van der Waals surface area contributed by atoms with Gasteiger partial charge in [-0.1, -0.05) is 0 Å². The Morgan fingerprint density at radius 1 is 1.23 bits per heavy atom. The van der Waals surface area contributed by atoms with E-state index in [1.165, 1.54) is 24.1 Å². The molecule has 1 aliphatic heterocycles. The molecule has 0 aromatic carbocycles. The fraction of sp³-hybridized carbons (Fsp3) is 0.647. The van der Waals surface area contributed by atoms with Gasteiger partial charge < -0.3 is 4.90 Å². The van der Waals surface area contributed by atoms with Crippen LogP contribution in [-0.2, 0) is 12.8 Å². The quantitative estimate of drug-likeness (QED) is 0.797. The van der Waals surface area contributed by atoms with Gasteiger partial charge in [0.1, 0.15) is 11.1 Å². The lowest BCUT2D eigenvalue weighted by molar-refractivity contribution is 0.161. The minimum atomic E-state index is 0.768. The van der Waals surface area contributed by atoms with Crippen LogP contribution in [0.25, 0.3) is 0 Å². The second kappa shape index (κ2) is 7.45. The normalized spacial score (nSPS) is 19.6. The van der Waals surface area contributed by atoms with Gasteiger partial charge in [0.2, 0.25) is 0 Å². The van der Waals surface area contributed by atoms with Gasteiger partial charge in [-0.05, 0) is 44.4 Å². The van der Waals surface area contributed by atoms with Crippen LogP contribution in [0.1, 0.15) is 29.7 Å². The van der Waals surface area contributed by atoms with Gasteiger partial charge in [0, 0.05) is 44.2 Å². The number of aryl methyl sites for hydroxylation is 2. The number of hydrogen-bond donors (Lipinski definition) is 0. The van der Waals surface area contributed by atoms with Crippen molar-refractivity contribution in [2.75, 3.05) is 45.5 Å². The zero-order valence-electron chi connectivity index (χ0n) is 13.3. The summed E-state index contributed by atoms with van der Waals surface area (Å²) in [6.45, 7) is 5.71. The summed E-state index contributed by atoms with van der Waals surface area (Å²) in [6.07, 6.45) is 4.63. The Labute approximate surface area is 137 Å². The molecule has 5 heteroatoms. The highest BCUT2D eigenvalue weighted by atomic mass is 32.2. The molecular formula is C17H24N4S. The van der Waals surface area contributed by atoms with Gasteiger partial charge >= 0.3 is 0 Å². The smallest absolute Gasteiger partial charge is 0.114 e. The molecule has 0 N–H and O–H groups in total. The second-order valence-electron chi connectivity index (χ2n) is 6.26. The summed E-state index contributed by atoms with van der Waals surface area (Å²) in [4.78, 5) is 9.68. The number of aromatic nitrogens is 1. The summed E-state index contributed by atoms with van der Waals surface area (Å²) < 4.78 is 0. The lowest BCUT2D eigenvalue weighted by Crippen LogP contribution is -2.45. The van der Waals surface area contributed by atoms with Crippen molar-refractivity contribution in [1.29, 1.82) is 5.26 Å². The lowest BCUT2D eigenvalue weighted by Gasteiger charge is -2.32. The van der Waals surface area contributed by atoms with Crippen LogP contribution in [0.4, 0.5) is 0 Å². The van der Waals surface area contributed by atoms with Gasteiger partial charge in [-0.15, -0.1) is 11.8 Å². The van der Waals surface area contributed by atoms with Crippen LogP contribution in [0.3, 0.4) is 0 Å². The van der Waals surface area contributed by atoms with E-state index in [1.807, 2.05) is 0 Å². The van der Waals surface area contributed by atoms with E-state index in [2.05, 4.69) is 29.0 Å². The highest BCUT2D eigenvalue weighted by molar-refractivity contribution is 7.99. The van der Waals surface area contributed by atoms with E-state index in [4.69, 9.17) is 4.98 Å². The van der Waals surface area contributed by atoms with Crippen LogP contribution < -0.4 is 0 Å². The van der Waals surface area contributed by atoms with Crippen molar-refractivity contribution in [2.24, 2.45) is 0 Å². The fourth-order valence-corrected chi connectivity index (χ4v) is 4.13. The van der Waals surface area contributed by atoms with Crippen molar-refractivity contribution in [2.45, 2.75) is 30.7 Å².